The second-order valence-electron chi connectivity index (χ2n) is 5.93. The first-order chi connectivity index (χ1) is 11.2. The molecule has 117 valence electrons. The van der Waals surface area contributed by atoms with Gasteiger partial charge in [-0.1, -0.05) is 0 Å². The van der Waals surface area contributed by atoms with Crippen LogP contribution in [-0.4, -0.2) is 43.3 Å². The Bertz CT molecular complexity index is 677. The Morgan fingerprint density at radius 2 is 1.61 bits per heavy atom. The summed E-state index contributed by atoms with van der Waals surface area (Å²) >= 11 is 0. The average Bonchev–Trinajstić information content (AvgIpc) is 3.12. The van der Waals surface area contributed by atoms with E-state index >= 15 is 0 Å². The van der Waals surface area contributed by atoms with Crippen LogP contribution in [0.5, 0.6) is 0 Å². The van der Waals surface area contributed by atoms with Crippen LogP contribution in [0.15, 0.2) is 60.7 Å². The summed E-state index contributed by atoms with van der Waals surface area (Å²) in [6.45, 7) is -0.527. The summed E-state index contributed by atoms with van der Waals surface area (Å²) in [5.74, 6) is 0.0140. The molecule has 0 aromatic heterocycles. The molecule has 3 rings (SSSR count). The van der Waals surface area contributed by atoms with Crippen LogP contribution in [0.4, 0.5) is 0 Å². The molecule has 0 saturated carbocycles. The van der Waals surface area contributed by atoms with Gasteiger partial charge in [-0.15, -0.1) is 0 Å². The van der Waals surface area contributed by atoms with Crippen LogP contribution in [0.25, 0.3) is 0 Å². The summed E-state index contributed by atoms with van der Waals surface area (Å²) in [7, 11) is 7.09. The van der Waals surface area contributed by atoms with E-state index < -0.39 is 6.75 Å². The normalized spacial score (nSPS) is 18.1. The maximum absolute atomic E-state index is 11.9. The van der Waals surface area contributed by atoms with E-state index in [2.05, 4.69) is 24.3 Å². The van der Waals surface area contributed by atoms with Gasteiger partial charge in [-0.25, -0.2) is 0 Å². The minimum absolute atomic E-state index is 0.0140. The number of rotatable bonds is 4. The fourth-order valence-corrected chi connectivity index (χ4v) is 6.80. The van der Waals surface area contributed by atoms with Gasteiger partial charge in [-0.05, 0) is 0 Å². The zero-order valence-corrected chi connectivity index (χ0v) is 14.0. The molecule has 1 amide bonds. The van der Waals surface area contributed by atoms with Crippen molar-refractivity contribution in [1.29, 1.82) is 0 Å². The Hall–Kier alpha value is -1.64. The standard InChI is InChI=1S/C18H21BN2OP/c19-23(15-7-3-1-4-8-15,16-9-5-2-6-10-16)17-11-12-21(14-17)18(22)13-20/h1-10,17H,11-14,20H2/t17-/m1/s1. The third-order valence-electron chi connectivity index (χ3n) is 4.63. The summed E-state index contributed by atoms with van der Waals surface area (Å²) in [6, 6.07) is 20.7. The van der Waals surface area contributed by atoms with Gasteiger partial charge in [0.15, 0.2) is 0 Å². The second-order valence-corrected chi connectivity index (χ2v) is 9.25. The quantitative estimate of drug-likeness (QED) is 0.681. The molecule has 23 heavy (non-hydrogen) atoms. The Labute approximate surface area is 138 Å². The number of carbonyl (C=O) groups excluding carboxylic acids is 1. The minimum atomic E-state index is -2.04. The van der Waals surface area contributed by atoms with Gasteiger partial charge in [-0.3, -0.25) is 0 Å². The molecular weight excluding hydrogens is 302 g/mol. The van der Waals surface area contributed by atoms with E-state index in [4.69, 9.17) is 12.9 Å². The van der Waals surface area contributed by atoms with Gasteiger partial charge in [-0.2, -0.15) is 0 Å². The van der Waals surface area contributed by atoms with Gasteiger partial charge in [0.2, 0.25) is 0 Å². The summed E-state index contributed by atoms with van der Waals surface area (Å²) < 4.78 is 0. The Morgan fingerprint density at radius 1 is 1.09 bits per heavy atom. The van der Waals surface area contributed by atoms with Crippen molar-refractivity contribution in [3.63, 3.8) is 0 Å². The zero-order valence-electron chi connectivity index (χ0n) is 13.1. The van der Waals surface area contributed by atoms with Crippen molar-refractivity contribution in [2.75, 3.05) is 19.6 Å². The molecule has 1 aliphatic rings. The van der Waals surface area contributed by atoms with Crippen LogP contribution in [-0.2, 0) is 4.79 Å². The van der Waals surface area contributed by atoms with Gasteiger partial charge < -0.3 is 0 Å². The molecule has 1 atom stereocenters. The number of likely N-dealkylation sites (tertiary alicyclic amines) is 1. The number of amides is 1. The van der Waals surface area contributed by atoms with Crippen molar-refractivity contribution in [3.8, 4) is 0 Å². The van der Waals surface area contributed by atoms with Gasteiger partial charge in [0.05, 0.1) is 0 Å². The molecule has 2 N–H and O–H groups in total. The third-order valence-corrected chi connectivity index (χ3v) is 8.51. The molecule has 1 fully saturated rings. The van der Waals surface area contributed by atoms with Gasteiger partial charge in [0.1, 0.15) is 0 Å². The molecule has 0 unspecified atom stereocenters. The van der Waals surface area contributed by atoms with Gasteiger partial charge in [0, 0.05) is 0 Å². The average molecular weight is 323 g/mol. The summed E-state index contributed by atoms with van der Waals surface area (Å²) in [5.41, 5.74) is 5.80. The predicted molar refractivity (Wildman–Crippen MR) is 98.9 cm³/mol. The van der Waals surface area contributed by atoms with Crippen molar-refractivity contribution in [2.24, 2.45) is 5.73 Å². The predicted octanol–water partition coefficient (Wildman–Crippen LogP) is 1.30. The monoisotopic (exact) mass is 323 g/mol. The van der Waals surface area contributed by atoms with Crippen molar-refractivity contribution in [3.05, 3.63) is 60.7 Å². The Kier molecular flexibility index (Phi) is 4.84. The van der Waals surface area contributed by atoms with Gasteiger partial charge in [0.25, 0.3) is 0 Å². The number of hydrogen-bond donors (Lipinski definition) is 1. The summed E-state index contributed by atoms with van der Waals surface area (Å²) in [5, 5.41) is 2.39. The molecule has 0 aliphatic carbocycles. The van der Waals surface area contributed by atoms with Crippen LogP contribution >= 0.6 is 6.75 Å². The number of nitrogens with two attached hydrogens (primary N) is 1. The molecule has 3 nitrogen and oxygen atoms in total. The van der Waals surface area contributed by atoms with Crippen LogP contribution in [0.1, 0.15) is 6.42 Å². The van der Waals surface area contributed by atoms with Crippen LogP contribution in [0.3, 0.4) is 0 Å². The molecule has 1 saturated heterocycles. The molecule has 5 heteroatoms. The van der Waals surface area contributed by atoms with Crippen LogP contribution < -0.4 is 16.3 Å². The molecular formula is C18H21BN2OP. The van der Waals surface area contributed by atoms with E-state index in [1.807, 2.05) is 41.3 Å². The first kappa shape index (κ1) is 16.2. The topological polar surface area (TPSA) is 46.3 Å². The zero-order chi connectivity index (χ0) is 16.3. The molecule has 2 aromatic carbocycles. The van der Waals surface area contributed by atoms with Crippen molar-refractivity contribution >= 4 is 30.5 Å². The van der Waals surface area contributed by atoms with Gasteiger partial charge >= 0.3 is 138 Å². The number of carbonyl (C=O) groups is 1. The number of nitrogens with zero attached hydrogens (tertiary/aromatic N) is 1. The third kappa shape index (κ3) is 3.06. The number of hydrogen-bond acceptors (Lipinski definition) is 2. The van der Waals surface area contributed by atoms with E-state index in [0.717, 1.165) is 13.0 Å². The summed E-state index contributed by atoms with van der Waals surface area (Å²) in [4.78, 5) is 13.8. The molecule has 0 spiro atoms. The molecule has 1 radical (unpaired) electrons. The first-order valence-electron chi connectivity index (χ1n) is 7.92. The number of benzene rings is 2. The summed E-state index contributed by atoms with van der Waals surface area (Å²) in [6.07, 6.45) is 0.930. The van der Waals surface area contributed by atoms with E-state index in [-0.39, 0.29) is 18.1 Å². The molecule has 1 aliphatic heterocycles. The molecule has 2 aromatic rings. The van der Waals surface area contributed by atoms with Crippen LogP contribution in [0.2, 0.25) is 0 Å². The van der Waals surface area contributed by atoms with Crippen molar-refractivity contribution < 1.29 is 4.79 Å². The van der Waals surface area contributed by atoms with E-state index in [9.17, 15) is 4.79 Å². The molecule has 1 heterocycles. The van der Waals surface area contributed by atoms with Crippen molar-refractivity contribution in [2.45, 2.75) is 12.1 Å². The fourth-order valence-electron chi connectivity index (χ4n) is 3.35. The van der Waals surface area contributed by atoms with E-state index in [1.54, 1.807) is 0 Å². The second kappa shape index (κ2) is 6.86. The van der Waals surface area contributed by atoms with Crippen LogP contribution in [0, 0.1) is 0 Å². The fraction of sp³-hybridized carbons (Fsp3) is 0.278. The SMILES string of the molecule is [B]=P(c1ccccc1)(c1ccccc1)[C@@H]1CCN(C(=O)CN)C1. The van der Waals surface area contributed by atoms with E-state index in [1.165, 1.54) is 10.6 Å². The maximum atomic E-state index is 11.9. The first-order valence-corrected chi connectivity index (χ1v) is 9.85. The van der Waals surface area contributed by atoms with Crippen molar-refractivity contribution in [1.82, 2.24) is 4.90 Å². The Morgan fingerprint density at radius 3 is 2.09 bits per heavy atom. The Balaban J connectivity index is 2.01. The van der Waals surface area contributed by atoms with E-state index in [0.29, 0.717) is 6.54 Å². The molecule has 0 bridgehead atoms.